The largest absolute Gasteiger partial charge is 0.455 e. The van der Waals surface area contributed by atoms with Crippen LogP contribution in [0.15, 0.2) is 48.5 Å². The number of rotatable bonds is 4. The smallest absolute Gasteiger partial charge is 0.224 e. The number of carbonyl (C=O) groups is 1. The van der Waals surface area contributed by atoms with E-state index in [1.807, 2.05) is 62.4 Å². The van der Waals surface area contributed by atoms with Crippen molar-refractivity contribution in [3.8, 4) is 11.5 Å². The molecule has 0 radical (unpaired) electrons. The summed E-state index contributed by atoms with van der Waals surface area (Å²) in [6, 6.07) is 15.2. The number of hydrogen-bond donors (Lipinski definition) is 1. The molecular formula is C16H17NO2. The van der Waals surface area contributed by atoms with Crippen molar-refractivity contribution < 1.29 is 9.53 Å². The molecule has 0 saturated carbocycles. The van der Waals surface area contributed by atoms with E-state index in [4.69, 9.17) is 4.74 Å². The molecule has 0 heterocycles. The summed E-state index contributed by atoms with van der Waals surface area (Å²) < 4.78 is 5.80. The Balaban J connectivity index is 2.20. The van der Waals surface area contributed by atoms with Gasteiger partial charge in [-0.15, -0.1) is 0 Å². The topological polar surface area (TPSA) is 38.3 Å². The lowest BCUT2D eigenvalue weighted by atomic mass is 10.2. The molecule has 0 aliphatic rings. The Morgan fingerprint density at radius 2 is 1.79 bits per heavy atom. The van der Waals surface area contributed by atoms with Gasteiger partial charge in [0.25, 0.3) is 0 Å². The van der Waals surface area contributed by atoms with E-state index in [-0.39, 0.29) is 5.91 Å². The molecular weight excluding hydrogens is 238 g/mol. The fraction of sp³-hybridized carbons (Fsp3) is 0.188. The average Bonchev–Trinajstić information content (AvgIpc) is 2.43. The summed E-state index contributed by atoms with van der Waals surface area (Å²) in [5.74, 6) is 1.37. The normalized spacial score (nSPS) is 10.0. The van der Waals surface area contributed by atoms with Crippen molar-refractivity contribution in [2.24, 2.45) is 0 Å². The Hall–Kier alpha value is -2.29. The van der Waals surface area contributed by atoms with Gasteiger partial charge in [-0.1, -0.05) is 36.8 Å². The maximum atomic E-state index is 11.5. The summed E-state index contributed by atoms with van der Waals surface area (Å²) in [5, 5.41) is 2.83. The van der Waals surface area contributed by atoms with Crippen LogP contribution in [0.25, 0.3) is 0 Å². The fourth-order valence-corrected chi connectivity index (χ4v) is 1.63. The van der Waals surface area contributed by atoms with Crippen LogP contribution >= 0.6 is 0 Å². The van der Waals surface area contributed by atoms with Crippen molar-refractivity contribution in [3.63, 3.8) is 0 Å². The molecule has 0 unspecified atom stereocenters. The third-order valence-corrected chi connectivity index (χ3v) is 2.73. The Morgan fingerprint density at radius 3 is 2.47 bits per heavy atom. The number of anilines is 1. The lowest BCUT2D eigenvalue weighted by Gasteiger charge is -2.11. The predicted octanol–water partition coefficient (Wildman–Crippen LogP) is 4.14. The molecule has 1 N–H and O–H groups in total. The SMILES string of the molecule is CCC(=O)Nc1ccccc1Oc1ccc(C)cc1. The molecule has 98 valence electrons. The lowest BCUT2D eigenvalue weighted by molar-refractivity contribution is -0.115. The highest BCUT2D eigenvalue weighted by Gasteiger charge is 2.06. The minimum absolute atomic E-state index is 0.0278. The van der Waals surface area contributed by atoms with Gasteiger partial charge in [-0.05, 0) is 31.2 Å². The van der Waals surface area contributed by atoms with E-state index in [0.29, 0.717) is 17.9 Å². The summed E-state index contributed by atoms with van der Waals surface area (Å²) in [4.78, 5) is 11.5. The van der Waals surface area contributed by atoms with Crippen LogP contribution < -0.4 is 10.1 Å². The van der Waals surface area contributed by atoms with E-state index in [2.05, 4.69) is 5.32 Å². The maximum Gasteiger partial charge on any atom is 0.224 e. The Bertz CT molecular complexity index is 561. The third-order valence-electron chi connectivity index (χ3n) is 2.73. The quantitative estimate of drug-likeness (QED) is 0.891. The van der Waals surface area contributed by atoms with Gasteiger partial charge >= 0.3 is 0 Å². The van der Waals surface area contributed by atoms with Crippen molar-refractivity contribution in [3.05, 3.63) is 54.1 Å². The van der Waals surface area contributed by atoms with Crippen LogP contribution in [0, 0.1) is 6.92 Å². The highest BCUT2D eigenvalue weighted by Crippen LogP contribution is 2.29. The van der Waals surface area contributed by atoms with E-state index in [1.165, 1.54) is 5.56 Å². The zero-order chi connectivity index (χ0) is 13.7. The molecule has 0 saturated heterocycles. The van der Waals surface area contributed by atoms with Crippen molar-refractivity contribution in [2.75, 3.05) is 5.32 Å². The molecule has 3 nitrogen and oxygen atoms in total. The zero-order valence-corrected chi connectivity index (χ0v) is 11.1. The monoisotopic (exact) mass is 255 g/mol. The molecule has 0 spiro atoms. The second kappa shape index (κ2) is 6.05. The van der Waals surface area contributed by atoms with Gasteiger partial charge < -0.3 is 10.1 Å². The highest BCUT2D eigenvalue weighted by atomic mass is 16.5. The third kappa shape index (κ3) is 3.58. The molecule has 0 aromatic heterocycles. The van der Waals surface area contributed by atoms with Crippen LogP contribution in [0.4, 0.5) is 5.69 Å². The number of hydrogen-bond acceptors (Lipinski definition) is 2. The van der Waals surface area contributed by atoms with Gasteiger partial charge in [0.15, 0.2) is 5.75 Å². The number of nitrogens with one attached hydrogen (secondary N) is 1. The van der Waals surface area contributed by atoms with Crippen LogP contribution in [-0.2, 0) is 4.79 Å². The van der Waals surface area contributed by atoms with Crippen LogP contribution in [0.2, 0.25) is 0 Å². The van der Waals surface area contributed by atoms with Gasteiger partial charge in [0.2, 0.25) is 5.91 Å². The lowest BCUT2D eigenvalue weighted by Crippen LogP contribution is -2.10. The summed E-state index contributed by atoms with van der Waals surface area (Å²) in [6.45, 7) is 3.85. The van der Waals surface area contributed by atoms with E-state index >= 15 is 0 Å². The van der Waals surface area contributed by atoms with Crippen LogP contribution in [0.5, 0.6) is 11.5 Å². The number of amides is 1. The molecule has 0 aliphatic heterocycles. The van der Waals surface area contributed by atoms with Crippen LogP contribution in [0.3, 0.4) is 0 Å². The van der Waals surface area contributed by atoms with Crippen molar-refractivity contribution in [1.29, 1.82) is 0 Å². The zero-order valence-electron chi connectivity index (χ0n) is 11.1. The number of para-hydroxylation sites is 2. The molecule has 0 fully saturated rings. The number of carbonyl (C=O) groups excluding carboxylic acids is 1. The molecule has 2 aromatic carbocycles. The second-order valence-corrected chi connectivity index (χ2v) is 4.31. The first-order valence-corrected chi connectivity index (χ1v) is 6.32. The Kier molecular flexibility index (Phi) is 4.18. The standard InChI is InChI=1S/C16H17NO2/c1-3-16(18)17-14-6-4-5-7-15(14)19-13-10-8-12(2)9-11-13/h4-11H,3H2,1-2H3,(H,17,18). The van der Waals surface area contributed by atoms with Gasteiger partial charge in [-0.3, -0.25) is 4.79 Å². The first kappa shape index (κ1) is 13.1. The predicted molar refractivity (Wildman–Crippen MR) is 76.6 cm³/mol. The number of ether oxygens (including phenoxy) is 1. The molecule has 0 aliphatic carbocycles. The van der Waals surface area contributed by atoms with E-state index in [9.17, 15) is 4.79 Å². The minimum Gasteiger partial charge on any atom is -0.455 e. The Morgan fingerprint density at radius 1 is 1.11 bits per heavy atom. The molecule has 2 aromatic rings. The van der Waals surface area contributed by atoms with Crippen LogP contribution in [-0.4, -0.2) is 5.91 Å². The summed E-state index contributed by atoms with van der Waals surface area (Å²) in [5.41, 5.74) is 1.87. The molecule has 0 bridgehead atoms. The van der Waals surface area contributed by atoms with Crippen molar-refractivity contribution >= 4 is 11.6 Å². The van der Waals surface area contributed by atoms with Gasteiger partial charge in [0.05, 0.1) is 5.69 Å². The minimum atomic E-state index is -0.0278. The van der Waals surface area contributed by atoms with E-state index in [0.717, 1.165) is 5.75 Å². The molecule has 19 heavy (non-hydrogen) atoms. The number of aryl methyl sites for hydroxylation is 1. The summed E-state index contributed by atoms with van der Waals surface area (Å²) in [7, 11) is 0. The maximum absolute atomic E-state index is 11.5. The van der Waals surface area contributed by atoms with E-state index < -0.39 is 0 Å². The van der Waals surface area contributed by atoms with Crippen LogP contribution in [0.1, 0.15) is 18.9 Å². The van der Waals surface area contributed by atoms with Gasteiger partial charge in [-0.2, -0.15) is 0 Å². The number of benzene rings is 2. The van der Waals surface area contributed by atoms with Crippen molar-refractivity contribution in [2.45, 2.75) is 20.3 Å². The fourth-order valence-electron chi connectivity index (χ4n) is 1.63. The van der Waals surface area contributed by atoms with Gasteiger partial charge in [0.1, 0.15) is 5.75 Å². The van der Waals surface area contributed by atoms with Gasteiger partial charge in [0, 0.05) is 6.42 Å². The second-order valence-electron chi connectivity index (χ2n) is 4.31. The van der Waals surface area contributed by atoms with E-state index in [1.54, 1.807) is 0 Å². The molecule has 2 rings (SSSR count). The molecule has 3 heteroatoms. The highest BCUT2D eigenvalue weighted by molar-refractivity contribution is 5.92. The summed E-state index contributed by atoms with van der Waals surface area (Å²) >= 11 is 0. The average molecular weight is 255 g/mol. The molecule has 1 amide bonds. The van der Waals surface area contributed by atoms with Gasteiger partial charge in [-0.25, -0.2) is 0 Å². The molecule has 0 atom stereocenters. The first-order chi connectivity index (χ1) is 9.19. The van der Waals surface area contributed by atoms with Crippen molar-refractivity contribution in [1.82, 2.24) is 0 Å². The Labute approximate surface area is 113 Å². The first-order valence-electron chi connectivity index (χ1n) is 6.32. The summed E-state index contributed by atoms with van der Waals surface area (Å²) in [6.07, 6.45) is 0.443.